The van der Waals surface area contributed by atoms with Crippen molar-refractivity contribution in [1.29, 1.82) is 0 Å². The van der Waals surface area contributed by atoms with Gasteiger partial charge in [0.1, 0.15) is 0 Å². The highest BCUT2D eigenvalue weighted by atomic mass is 35.5. The van der Waals surface area contributed by atoms with Crippen LogP contribution in [0.3, 0.4) is 0 Å². The van der Waals surface area contributed by atoms with Gasteiger partial charge in [-0.15, -0.1) is 0 Å². The quantitative estimate of drug-likeness (QED) is 0.609. The van der Waals surface area contributed by atoms with Crippen molar-refractivity contribution in [3.63, 3.8) is 0 Å². The molecular weight excluding hydrogens is 322 g/mol. The van der Waals surface area contributed by atoms with Crippen molar-refractivity contribution in [3.8, 4) is 0 Å². The number of hydrogen-bond donors (Lipinski definition) is 2. The molecule has 2 aromatic rings. The fourth-order valence-electron chi connectivity index (χ4n) is 2.27. The summed E-state index contributed by atoms with van der Waals surface area (Å²) in [4.78, 5) is 12.1. The van der Waals surface area contributed by atoms with Gasteiger partial charge in [0.15, 0.2) is 0 Å². The van der Waals surface area contributed by atoms with Gasteiger partial charge < -0.3 is 5.32 Å². The van der Waals surface area contributed by atoms with E-state index in [4.69, 9.17) is 11.6 Å². The molecule has 0 saturated carbocycles. The zero-order valence-corrected chi connectivity index (χ0v) is 14.9. The molecule has 0 aliphatic heterocycles. The third kappa shape index (κ3) is 4.83. The molecule has 1 amide bonds. The molecule has 0 aliphatic rings. The topological polar surface area (TPSA) is 53.5 Å². The monoisotopic (exact) mass is 343 g/mol. The van der Waals surface area contributed by atoms with Crippen LogP contribution in [0.4, 0.5) is 5.69 Å². The number of rotatable bonds is 6. The summed E-state index contributed by atoms with van der Waals surface area (Å²) in [6.07, 6.45) is 0. The Morgan fingerprint density at radius 2 is 1.83 bits per heavy atom. The molecule has 2 aromatic carbocycles. The summed E-state index contributed by atoms with van der Waals surface area (Å²) in [5.74, 6) is -0.000657. The van der Waals surface area contributed by atoms with Gasteiger partial charge in [0.25, 0.3) is 5.91 Å². The fourth-order valence-corrected chi connectivity index (χ4v) is 2.45. The van der Waals surface area contributed by atoms with Crippen molar-refractivity contribution in [2.75, 3.05) is 11.9 Å². The number of nitrogens with zero attached hydrogens (tertiary/aromatic N) is 1. The van der Waals surface area contributed by atoms with Crippen LogP contribution >= 0.6 is 11.6 Å². The van der Waals surface area contributed by atoms with E-state index < -0.39 is 0 Å². The zero-order valence-electron chi connectivity index (χ0n) is 14.1. The van der Waals surface area contributed by atoms with Crippen molar-refractivity contribution < 1.29 is 4.79 Å². The van der Waals surface area contributed by atoms with E-state index in [9.17, 15) is 4.79 Å². The minimum Gasteiger partial charge on any atom is -0.376 e. The van der Waals surface area contributed by atoms with Crippen LogP contribution in [0.2, 0.25) is 5.02 Å². The normalized spacial score (nSPS) is 11.5. The molecule has 5 heteroatoms. The lowest BCUT2D eigenvalue weighted by molar-refractivity contribution is -0.119. The van der Waals surface area contributed by atoms with E-state index in [1.807, 2.05) is 69.3 Å². The van der Waals surface area contributed by atoms with E-state index >= 15 is 0 Å². The smallest absolute Gasteiger partial charge is 0.259 e. The second-order valence-corrected chi connectivity index (χ2v) is 6.23. The van der Waals surface area contributed by atoms with Crippen LogP contribution in [-0.4, -0.2) is 18.2 Å². The molecule has 0 fully saturated rings. The van der Waals surface area contributed by atoms with Crippen LogP contribution in [0.15, 0.2) is 53.6 Å². The zero-order chi connectivity index (χ0) is 17.5. The minimum atomic E-state index is -0.205. The number of carbonyl (C=O) groups excluding carboxylic acids is 1. The lowest BCUT2D eigenvalue weighted by atomic mass is 10.0. The van der Waals surface area contributed by atoms with Gasteiger partial charge in [-0.05, 0) is 36.1 Å². The standard InChI is InChI=1S/C19H22ClN3O/c1-13(2)19(15-8-5-4-6-9-15)23-22-18(24)12-21-17-11-7-10-16(20)14(17)3/h4-11,13,21H,12H2,1-3H3,(H,22,24)/b23-19-. The number of carbonyl (C=O) groups is 1. The van der Waals surface area contributed by atoms with E-state index in [2.05, 4.69) is 15.8 Å². The maximum atomic E-state index is 12.1. The van der Waals surface area contributed by atoms with E-state index in [1.165, 1.54) is 0 Å². The summed E-state index contributed by atoms with van der Waals surface area (Å²) in [6.45, 7) is 6.13. The Morgan fingerprint density at radius 3 is 2.50 bits per heavy atom. The summed E-state index contributed by atoms with van der Waals surface area (Å²) in [6, 6.07) is 15.4. The molecule has 0 aliphatic carbocycles. The number of hydrogen-bond acceptors (Lipinski definition) is 3. The van der Waals surface area contributed by atoms with Crippen molar-refractivity contribution in [3.05, 3.63) is 64.7 Å². The third-order valence-electron chi connectivity index (χ3n) is 3.62. The molecule has 0 unspecified atom stereocenters. The summed E-state index contributed by atoms with van der Waals surface area (Å²) < 4.78 is 0. The number of anilines is 1. The predicted molar refractivity (Wildman–Crippen MR) is 101 cm³/mol. The van der Waals surface area contributed by atoms with Gasteiger partial charge in [-0.1, -0.05) is 61.8 Å². The van der Waals surface area contributed by atoms with Crippen molar-refractivity contribution in [1.82, 2.24) is 5.43 Å². The second kappa shape index (κ2) is 8.50. The largest absolute Gasteiger partial charge is 0.376 e. The Bertz CT molecular complexity index is 727. The number of halogens is 1. The lowest BCUT2D eigenvalue weighted by Gasteiger charge is -2.12. The van der Waals surface area contributed by atoms with Crippen LogP contribution in [0.5, 0.6) is 0 Å². The molecule has 4 nitrogen and oxygen atoms in total. The van der Waals surface area contributed by atoms with E-state index in [-0.39, 0.29) is 18.4 Å². The maximum absolute atomic E-state index is 12.1. The van der Waals surface area contributed by atoms with Crippen LogP contribution in [0.25, 0.3) is 0 Å². The summed E-state index contributed by atoms with van der Waals surface area (Å²) in [5.41, 5.74) is 6.24. The third-order valence-corrected chi connectivity index (χ3v) is 4.03. The fraction of sp³-hybridized carbons (Fsp3) is 0.263. The van der Waals surface area contributed by atoms with Gasteiger partial charge in [-0.25, -0.2) is 5.43 Å². The first-order valence-electron chi connectivity index (χ1n) is 7.90. The number of nitrogens with one attached hydrogen (secondary N) is 2. The van der Waals surface area contributed by atoms with Gasteiger partial charge in [0.05, 0.1) is 12.3 Å². The molecule has 0 radical (unpaired) electrons. The first-order chi connectivity index (χ1) is 11.5. The number of benzene rings is 2. The Hall–Kier alpha value is -2.33. The van der Waals surface area contributed by atoms with Crippen molar-refractivity contribution in [2.24, 2.45) is 11.0 Å². The van der Waals surface area contributed by atoms with Gasteiger partial charge in [-0.3, -0.25) is 4.79 Å². The Kier molecular flexibility index (Phi) is 6.38. The van der Waals surface area contributed by atoms with E-state index in [0.29, 0.717) is 5.02 Å². The molecular formula is C19H22ClN3O. The van der Waals surface area contributed by atoms with Crippen LogP contribution in [0, 0.1) is 12.8 Å². The first kappa shape index (κ1) is 18.0. The summed E-state index contributed by atoms with van der Waals surface area (Å²) in [5, 5.41) is 8.05. The molecule has 0 atom stereocenters. The minimum absolute atomic E-state index is 0.130. The highest BCUT2D eigenvalue weighted by Gasteiger charge is 2.09. The molecule has 0 bridgehead atoms. The second-order valence-electron chi connectivity index (χ2n) is 5.82. The van der Waals surface area contributed by atoms with Gasteiger partial charge in [0, 0.05) is 10.7 Å². The lowest BCUT2D eigenvalue weighted by Crippen LogP contribution is -2.28. The Labute approximate surface area is 147 Å². The number of amides is 1. The SMILES string of the molecule is Cc1c(Cl)cccc1NCC(=O)N/N=C(\c1ccccc1)C(C)C. The molecule has 0 heterocycles. The number of hydrazone groups is 1. The molecule has 0 saturated heterocycles. The van der Waals surface area contributed by atoms with Crippen LogP contribution in [0.1, 0.15) is 25.0 Å². The Morgan fingerprint density at radius 1 is 1.12 bits per heavy atom. The average Bonchev–Trinajstić information content (AvgIpc) is 2.57. The first-order valence-corrected chi connectivity index (χ1v) is 8.27. The molecule has 24 heavy (non-hydrogen) atoms. The van der Waals surface area contributed by atoms with E-state index in [1.54, 1.807) is 0 Å². The summed E-state index contributed by atoms with van der Waals surface area (Å²) in [7, 11) is 0. The van der Waals surface area contributed by atoms with Gasteiger partial charge in [-0.2, -0.15) is 5.10 Å². The van der Waals surface area contributed by atoms with Crippen molar-refractivity contribution >= 4 is 28.9 Å². The Balaban J connectivity index is 1.99. The summed E-state index contributed by atoms with van der Waals surface area (Å²) >= 11 is 6.07. The molecule has 0 aromatic heterocycles. The maximum Gasteiger partial charge on any atom is 0.259 e. The predicted octanol–water partition coefficient (Wildman–Crippen LogP) is 4.24. The molecule has 0 spiro atoms. The van der Waals surface area contributed by atoms with E-state index in [0.717, 1.165) is 22.5 Å². The molecule has 2 N–H and O–H groups in total. The van der Waals surface area contributed by atoms with Crippen LogP contribution < -0.4 is 10.7 Å². The van der Waals surface area contributed by atoms with Crippen LogP contribution in [-0.2, 0) is 4.79 Å². The molecule has 2 rings (SSSR count). The van der Waals surface area contributed by atoms with Gasteiger partial charge >= 0.3 is 0 Å². The highest BCUT2D eigenvalue weighted by Crippen LogP contribution is 2.22. The highest BCUT2D eigenvalue weighted by molar-refractivity contribution is 6.31. The molecule has 126 valence electrons. The average molecular weight is 344 g/mol. The van der Waals surface area contributed by atoms with Gasteiger partial charge in [0.2, 0.25) is 0 Å². The van der Waals surface area contributed by atoms with Crippen molar-refractivity contribution in [2.45, 2.75) is 20.8 Å².